The van der Waals surface area contributed by atoms with Crippen molar-refractivity contribution in [2.45, 2.75) is 5.33 Å². The molecule has 1 nitrogen and oxygen atoms in total. The van der Waals surface area contributed by atoms with Crippen LogP contribution in [0.3, 0.4) is 0 Å². The minimum Gasteiger partial charge on any atom is -0.275 e. The molecule has 0 spiro atoms. The Labute approximate surface area is 76.1 Å². The third-order valence-electron chi connectivity index (χ3n) is 0.987. The summed E-state index contributed by atoms with van der Waals surface area (Å²) in [6.45, 7) is 0. The van der Waals surface area contributed by atoms with Crippen LogP contribution in [0.15, 0.2) is 12.1 Å². The molecule has 0 aliphatic heterocycles. The quantitative estimate of drug-likeness (QED) is 0.573. The van der Waals surface area contributed by atoms with Crippen LogP contribution < -0.4 is 0 Å². The molecular formula is C6H4BrClOS. The molecule has 0 atom stereocenters. The molecule has 0 aliphatic carbocycles. The maximum Gasteiger partial charge on any atom is 0.262 e. The summed E-state index contributed by atoms with van der Waals surface area (Å²) >= 11 is 9.92. The van der Waals surface area contributed by atoms with E-state index in [1.165, 1.54) is 11.3 Å². The summed E-state index contributed by atoms with van der Waals surface area (Å²) in [4.78, 5) is 12.3. The van der Waals surface area contributed by atoms with Gasteiger partial charge in [0, 0.05) is 10.2 Å². The fourth-order valence-electron chi connectivity index (χ4n) is 0.555. The molecule has 1 heterocycles. The largest absolute Gasteiger partial charge is 0.275 e. The number of halogens is 2. The lowest BCUT2D eigenvalue weighted by Crippen LogP contribution is -1.78. The molecule has 1 aromatic heterocycles. The summed E-state index contributed by atoms with van der Waals surface area (Å²) < 4.78 is 0. The number of hydrogen-bond acceptors (Lipinski definition) is 2. The number of carbonyl (C=O) groups excluding carboxylic acids is 1. The Hall–Kier alpha value is 0.140. The molecule has 0 N–H and O–H groups in total. The number of thiophene rings is 1. The van der Waals surface area contributed by atoms with E-state index in [4.69, 9.17) is 11.6 Å². The fraction of sp³-hybridized carbons (Fsp3) is 0.167. The summed E-state index contributed by atoms with van der Waals surface area (Å²) in [6.07, 6.45) is 0. The van der Waals surface area contributed by atoms with E-state index in [1.807, 2.05) is 6.07 Å². The monoisotopic (exact) mass is 238 g/mol. The van der Waals surface area contributed by atoms with Gasteiger partial charge >= 0.3 is 0 Å². The van der Waals surface area contributed by atoms with Gasteiger partial charge in [0.2, 0.25) is 0 Å². The summed E-state index contributed by atoms with van der Waals surface area (Å²) in [5.74, 6) is 0. The molecule has 0 saturated carbocycles. The van der Waals surface area contributed by atoms with Crippen LogP contribution in [0.25, 0.3) is 0 Å². The van der Waals surface area contributed by atoms with Gasteiger partial charge in [-0.1, -0.05) is 15.9 Å². The van der Waals surface area contributed by atoms with Crippen molar-refractivity contribution in [1.82, 2.24) is 0 Å². The third kappa shape index (κ3) is 1.81. The Bertz CT molecular complexity index is 246. The van der Waals surface area contributed by atoms with Crippen LogP contribution in [0, 0.1) is 0 Å². The van der Waals surface area contributed by atoms with Crippen molar-refractivity contribution >= 4 is 44.1 Å². The highest BCUT2D eigenvalue weighted by atomic mass is 79.9. The predicted octanol–water partition coefficient (Wildman–Crippen LogP) is 3.02. The molecule has 0 bridgehead atoms. The fourth-order valence-corrected chi connectivity index (χ4v) is 1.95. The van der Waals surface area contributed by atoms with Crippen LogP contribution in [0.5, 0.6) is 0 Å². The predicted molar refractivity (Wildman–Crippen MR) is 47.1 cm³/mol. The number of alkyl halides is 1. The van der Waals surface area contributed by atoms with Gasteiger partial charge in [-0.2, -0.15) is 0 Å². The van der Waals surface area contributed by atoms with Crippen molar-refractivity contribution in [2.24, 2.45) is 0 Å². The van der Waals surface area contributed by atoms with Crippen molar-refractivity contribution in [3.63, 3.8) is 0 Å². The zero-order chi connectivity index (χ0) is 7.56. The van der Waals surface area contributed by atoms with E-state index in [9.17, 15) is 4.79 Å². The molecule has 0 fully saturated rings. The van der Waals surface area contributed by atoms with Gasteiger partial charge in [0.05, 0.1) is 4.88 Å². The maximum absolute atomic E-state index is 10.5. The van der Waals surface area contributed by atoms with Gasteiger partial charge in [-0.05, 0) is 23.7 Å². The van der Waals surface area contributed by atoms with Gasteiger partial charge in [0.15, 0.2) is 0 Å². The van der Waals surface area contributed by atoms with Crippen molar-refractivity contribution in [3.05, 3.63) is 21.9 Å². The molecule has 0 aliphatic rings. The second-order valence-electron chi connectivity index (χ2n) is 1.67. The van der Waals surface area contributed by atoms with E-state index in [1.54, 1.807) is 6.07 Å². The molecule has 0 amide bonds. The lowest BCUT2D eigenvalue weighted by molar-refractivity contribution is 0.108. The van der Waals surface area contributed by atoms with Gasteiger partial charge in [-0.3, -0.25) is 4.79 Å². The molecule has 0 radical (unpaired) electrons. The molecular weight excluding hydrogens is 235 g/mol. The van der Waals surface area contributed by atoms with Gasteiger partial charge in [0.25, 0.3) is 5.24 Å². The van der Waals surface area contributed by atoms with Gasteiger partial charge < -0.3 is 0 Å². The van der Waals surface area contributed by atoms with Crippen molar-refractivity contribution < 1.29 is 4.79 Å². The normalized spacial score (nSPS) is 9.80. The van der Waals surface area contributed by atoms with Crippen LogP contribution >= 0.6 is 38.9 Å². The standard InChI is InChI=1S/C6H4BrClOS/c7-3-4-1-2-5(10-4)6(8)9/h1-2H,3H2. The molecule has 0 unspecified atom stereocenters. The Morgan fingerprint density at radius 2 is 2.40 bits per heavy atom. The number of rotatable bonds is 2. The van der Waals surface area contributed by atoms with Crippen molar-refractivity contribution in [2.75, 3.05) is 0 Å². The van der Waals surface area contributed by atoms with E-state index >= 15 is 0 Å². The van der Waals surface area contributed by atoms with Crippen LogP contribution in [-0.4, -0.2) is 5.24 Å². The zero-order valence-electron chi connectivity index (χ0n) is 4.93. The second kappa shape index (κ2) is 3.51. The minimum absolute atomic E-state index is 0.378. The van der Waals surface area contributed by atoms with Crippen molar-refractivity contribution in [1.29, 1.82) is 0 Å². The number of carbonyl (C=O) groups is 1. The smallest absolute Gasteiger partial charge is 0.262 e. The van der Waals surface area contributed by atoms with Crippen LogP contribution in [0.1, 0.15) is 14.5 Å². The Morgan fingerprint density at radius 3 is 2.70 bits per heavy atom. The lowest BCUT2D eigenvalue weighted by Gasteiger charge is -1.81. The van der Waals surface area contributed by atoms with Crippen LogP contribution in [0.4, 0.5) is 0 Å². The lowest BCUT2D eigenvalue weighted by atomic mass is 10.4. The molecule has 1 aromatic rings. The molecule has 54 valence electrons. The van der Waals surface area contributed by atoms with E-state index in [0.29, 0.717) is 4.88 Å². The highest BCUT2D eigenvalue weighted by Gasteiger charge is 2.03. The first-order valence-electron chi connectivity index (χ1n) is 2.58. The topological polar surface area (TPSA) is 17.1 Å². The molecule has 10 heavy (non-hydrogen) atoms. The highest BCUT2D eigenvalue weighted by Crippen LogP contribution is 2.20. The Balaban J connectivity index is 2.88. The summed E-state index contributed by atoms with van der Waals surface area (Å²) in [5.41, 5.74) is 0. The van der Waals surface area contributed by atoms with Crippen LogP contribution in [0.2, 0.25) is 0 Å². The maximum atomic E-state index is 10.5. The minimum atomic E-state index is -0.378. The van der Waals surface area contributed by atoms with E-state index in [0.717, 1.165) is 10.2 Å². The van der Waals surface area contributed by atoms with E-state index < -0.39 is 0 Å². The summed E-state index contributed by atoms with van der Waals surface area (Å²) in [7, 11) is 0. The molecule has 0 saturated heterocycles. The molecule has 0 aromatic carbocycles. The average molecular weight is 240 g/mol. The molecule has 1 rings (SSSR count). The van der Waals surface area contributed by atoms with E-state index in [-0.39, 0.29) is 5.24 Å². The number of hydrogen-bond donors (Lipinski definition) is 0. The zero-order valence-corrected chi connectivity index (χ0v) is 8.09. The highest BCUT2D eigenvalue weighted by molar-refractivity contribution is 9.08. The average Bonchev–Trinajstić information content (AvgIpc) is 2.34. The van der Waals surface area contributed by atoms with E-state index in [2.05, 4.69) is 15.9 Å². The van der Waals surface area contributed by atoms with Gasteiger partial charge in [-0.25, -0.2) is 0 Å². The van der Waals surface area contributed by atoms with Gasteiger partial charge in [-0.15, -0.1) is 11.3 Å². The Kier molecular flexibility index (Phi) is 2.89. The van der Waals surface area contributed by atoms with Crippen molar-refractivity contribution in [3.8, 4) is 0 Å². The first-order chi connectivity index (χ1) is 4.74. The van der Waals surface area contributed by atoms with Crippen LogP contribution in [-0.2, 0) is 5.33 Å². The van der Waals surface area contributed by atoms with Gasteiger partial charge in [0.1, 0.15) is 0 Å². The summed E-state index contributed by atoms with van der Waals surface area (Å²) in [6, 6.07) is 3.62. The SMILES string of the molecule is O=C(Cl)c1ccc(CBr)s1. The first-order valence-corrected chi connectivity index (χ1v) is 4.90. The Morgan fingerprint density at radius 1 is 1.70 bits per heavy atom. The molecule has 4 heteroatoms. The third-order valence-corrected chi connectivity index (χ3v) is 3.36. The first kappa shape index (κ1) is 8.24. The second-order valence-corrected chi connectivity index (χ2v) is 3.75. The summed E-state index contributed by atoms with van der Waals surface area (Å²) in [5, 5.41) is 0.402.